The van der Waals surface area contributed by atoms with Crippen LogP contribution in [0.15, 0.2) is 28.2 Å². The van der Waals surface area contributed by atoms with Crippen LogP contribution in [0.25, 0.3) is 0 Å². The van der Waals surface area contributed by atoms with Crippen molar-refractivity contribution in [2.24, 2.45) is 0 Å². The molecule has 2 rings (SSSR count). The van der Waals surface area contributed by atoms with Crippen LogP contribution >= 0.6 is 11.3 Å². The lowest BCUT2D eigenvalue weighted by atomic mass is 10.2. The lowest BCUT2D eigenvalue weighted by Crippen LogP contribution is -2.28. The normalized spacial score (nSPS) is 12.1. The van der Waals surface area contributed by atoms with Crippen LogP contribution in [0.5, 0.6) is 0 Å². The van der Waals surface area contributed by atoms with E-state index in [2.05, 4.69) is 15.6 Å². The van der Waals surface area contributed by atoms with E-state index < -0.39 is 6.10 Å². The third kappa shape index (κ3) is 2.88. The molecule has 2 aromatic heterocycles. The highest BCUT2D eigenvalue weighted by atomic mass is 32.1. The lowest BCUT2D eigenvalue weighted by molar-refractivity contribution is 0.0897. The standard InChI is InChI=1S/C11H13N3O3S/c1-12-11-14-7(6-18-11)10(16)13-5-8(15)9-3-2-4-17-9/h2-4,6,8,15H,5H2,1H3,(H,12,14)(H,13,16). The summed E-state index contributed by atoms with van der Waals surface area (Å²) in [7, 11) is 1.74. The zero-order valence-corrected chi connectivity index (χ0v) is 10.5. The molecule has 0 saturated carbocycles. The number of rotatable bonds is 5. The number of furan rings is 1. The van der Waals surface area contributed by atoms with Gasteiger partial charge in [0.25, 0.3) is 5.91 Å². The van der Waals surface area contributed by atoms with Crippen molar-refractivity contribution in [1.82, 2.24) is 10.3 Å². The molecule has 0 aliphatic carbocycles. The molecule has 6 nitrogen and oxygen atoms in total. The Labute approximate surface area is 108 Å². The molecule has 1 amide bonds. The Balaban J connectivity index is 1.88. The van der Waals surface area contributed by atoms with Gasteiger partial charge >= 0.3 is 0 Å². The number of aliphatic hydroxyl groups excluding tert-OH is 1. The minimum absolute atomic E-state index is 0.0821. The topological polar surface area (TPSA) is 87.4 Å². The molecule has 0 spiro atoms. The first-order valence-electron chi connectivity index (χ1n) is 5.33. The zero-order valence-electron chi connectivity index (χ0n) is 9.71. The highest BCUT2D eigenvalue weighted by molar-refractivity contribution is 7.13. The summed E-state index contributed by atoms with van der Waals surface area (Å²) >= 11 is 1.35. The number of anilines is 1. The average molecular weight is 267 g/mol. The van der Waals surface area contributed by atoms with E-state index in [1.807, 2.05) is 0 Å². The molecule has 96 valence electrons. The Hall–Kier alpha value is -1.86. The zero-order chi connectivity index (χ0) is 13.0. The molecule has 0 aromatic carbocycles. The van der Waals surface area contributed by atoms with Crippen molar-refractivity contribution in [3.05, 3.63) is 35.2 Å². The van der Waals surface area contributed by atoms with Crippen molar-refractivity contribution in [3.63, 3.8) is 0 Å². The predicted octanol–water partition coefficient (Wildman–Crippen LogP) is 1.24. The van der Waals surface area contributed by atoms with Gasteiger partial charge in [-0.05, 0) is 12.1 Å². The number of carbonyl (C=O) groups is 1. The molecule has 3 N–H and O–H groups in total. The fourth-order valence-corrected chi connectivity index (χ4v) is 2.01. The minimum Gasteiger partial charge on any atom is -0.467 e. The molecule has 0 saturated heterocycles. The summed E-state index contributed by atoms with van der Waals surface area (Å²) in [5.41, 5.74) is 0.330. The second kappa shape index (κ2) is 5.65. The van der Waals surface area contributed by atoms with E-state index in [1.165, 1.54) is 17.6 Å². The molecule has 7 heteroatoms. The van der Waals surface area contributed by atoms with Crippen molar-refractivity contribution < 1.29 is 14.3 Å². The second-order valence-corrected chi connectivity index (χ2v) is 4.39. The van der Waals surface area contributed by atoms with Crippen molar-refractivity contribution in [2.75, 3.05) is 18.9 Å². The van der Waals surface area contributed by atoms with E-state index in [0.29, 0.717) is 16.6 Å². The monoisotopic (exact) mass is 267 g/mol. The SMILES string of the molecule is CNc1nc(C(=O)NCC(O)c2ccco2)cs1. The van der Waals surface area contributed by atoms with Gasteiger partial charge in [0, 0.05) is 12.4 Å². The second-order valence-electron chi connectivity index (χ2n) is 3.53. The summed E-state index contributed by atoms with van der Waals surface area (Å²) in [6.07, 6.45) is 0.617. The summed E-state index contributed by atoms with van der Waals surface area (Å²) in [5, 5.41) is 17.5. The van der Waals surface area contributed by atoms with Gasteiger partial charge in [0.2, 0.25) is 0 Å². The Morgan fingerprint density at radius 1 is 1.67 bits per heavy atom. The van der Waals surface area contributed by atoms with Gasteiger partial charge in [-0.3, -0.25) is 4.79 Å². The Morgan fingerprint density at radius 3 is 3.11 bits per heavy atom. The van der Waals surface area contributed by atoms with Crippen LogP contribution in [-0.2, 0) is 0 Å². The molecule has 2 aromatic rings. The van der Waals surface area contributed by atoms with Gasteiger partial charge in [-0.1, -0.05) is 0 Å². The van der Waals surface area contributed by atoms with Crippen molar-refractivity contribution in [3.8, 4) is 0 Å². The van der Waals surface area contributed by atoms with E-state index in [1.54, 1.807) is 24.6 Å². The Bertz CT molecular complexity index is 509. The van der Waals surface area contributed by atoms with Gasteiger partial charge in [-0.25, -0.2) is 4.98 Å². The molecule has 2 heterocycles. The van der Waals surface area contributed by atoms with Crippen molar-refractivity contribution >= 4 is 22.4 Å². The first-order chi connectivity index (χ1) is 8.70. The first kappa shape index (κ1) is 12.6. The van der Waals surface area contributed by atoms with Crippen LogP contribution in [0.2, 0.25) is 0 Å². The fraction of sp³-hybridized carbons (Fsp3) is 0.273. The summed E-state index contributed by atoms with van der Waals surface area (Å²) in [4.78, 5) is 15.8. The maximum Gasteiger partial charge on any atom is 0.270 e. The predicted molar refractivity (Wildman–Crippen MR) is 67.7 cm³/mol. The third-order valence-electron chi connectivity index (χ3n) is 2.28. The fourth-order valence-electron chi connectivity index (χ4n) is 1.35. The molecular weight excluding hydrogens is 254 g/mol. The van der Waals surface area contributed by atoms with Crippen LogP contribution in [0.4, 0.5) is 5.13 Å². The van der Waals surface area contributed by atoms with Crippen LogP contribution < -0.4 is 10.6 Å². The third-order valence-corrected chi connectivity index (χ3v) is 3.14. The van der Waals surface area contributed by atoms with Crippen molar-refractivity contribution in [2.45, 2.75) is 6.10 Å². The highest BCUT2D eigenvalue weighted by Crippen LogP contribution is 2.15. The van der Waals surface area contributed by atoms with E-state index in [4.69, 9.17) is 4.42 Å². The smallest absolute Gasteiger partial charge is 0.270 e. The molecular formula is C11H13N3O3S. The van der Waals surface area contributed by atoms with Crippen LogP contribution in [0, 0.1) is 0 Å². The highest BCUT2D eigenvalue weighted by Gasteiger charge is 2.14. The summed E-state index contributed by atoms with van der Waals surface area (Å²) in [6, 6.07) is 3.33. The number of aromatic nitrogens is 1. The van der Waals surface area contributed by atoms with Crippen LogP contribution in [-0.4, -0.2) is 29.6 Å². The number of hydrogen-bond acceptors (Lipinski definition) is 6. The van der Waals surface area contributed by atoms with Crippen molar-refractivity contribution in [1.29, 1.82) is 0 Å². The number of carbonyl (C=O) groups excluding carboxylic acids is 1. The largest absolute Gasteiger partial charge is 0.467 e. The first-order valence-corrected chi connectivity index (χ1v) is 6.21. The van der Waals surface area contributed by atoms with Gasteiger partial charge < -0.3 is 20.2 Å². The molecule has 0 fully saturated rings. The van der Waals surface area contributed by atoms with Gasteiger partial charge in [-0.2, -0.15) is 0 Å². The van der Waals surface area contributed by atoms with Gasteiger partial charge in [0.15, 0.2) is 5.13 Å². The van der Waals surface area contributed by atoms with Gasteiger partial charge in [0.05, 0.1) is 12.8 Å². The quantitative estimate of drug-likeness (QED) is 0.758. The molecule has 0 aliphatic rings. The molecule has 0 aliphatic heterocycles. The average Bonchev–Trinajstić information content (AvgIpc) is 3.05. The summed E-state index contributed by atoms with van der Waals surface area (Å²) < 4.78 is 5.03. The number of aliphatic hydroxyl groups is 1. The maximum atomic E-state index is 11.7. The van der Waals surface area contributed by atoms with E-state index in [9.17, 15) is 9.90 Å². The number of amides is 1. The van der Waals surface area contributed by atoms with E-state index >= 15 is 0 Å². The summed E-state index contributed by atoms with van der Waals surface area (Å²) in [5.74, 6) is 0.0999. The lowest BCUT2D eigenvalue weighted by Gasteiger charge is -2.08. The van der Waals surface area contributed by atoms with E-state index in [-0.39, 0.29) is 12.5 Å². The maximum absolute atomic E-state index is 11.7. The van der Waals surface area contributed by atoms with Crippen LogP contribution in [0.1, 0.15) is 22.4 Å². The molecule has 0 radical (unpaired) electrons. The number of nitrogens with zero attached hydrogens (tertiary/aromatic N) is 1. The Morgan fingerprint density at radius 2 is 2.50 bits per heavy atom. The summed E-state index contributed by atoms with van der Waals surface area (Å²) in [6.45, 7) is 0.0821. The van der Waals surface area contributed by atoms with Gasteiger partial charge in [-0.15, -0.1) is 11.3 Å². The number of thiazole rings is 1. The van der Waals surface area contributed by atoms with Crippen LogP contribution in [0.3, 0.4) is 0 Å². The molecule has 1 atom stereocenters. The molecule has 18 heavy (non-hydrogen) atoms. The van der Waals surface area contributed by atoms with E-state index in [0.717, 1.165) is 0 Å². The van der Waals surface area contributed by atoms with Gasteiger partial charge in [0.1, 0.15) is 17.6 Å². The molecule has 1 unspecified atom stereocenters. The minimum atomic E-state index is -0.855. The molecule has 0 bridgehead atoms. The number of nitrogens with one attached hydrogen (secondary N) is 2. The number of hydrogen-bond donors (Lipinski definition) is 3. The Kier molecular flexibility index (Phi) is 3.96.